The SMILES string of the molecule is CNCC(=O)N1CC2(CCN(C(=O)[C@H](CN(C)C(C)(C)C)[C@@H](C)c3ccc(F)cc3F)CC2)c2ccccc21. The van der Waals surface area contributed by atoms with Crippen LogP contribution in [0.2, 0.25) is 0 Å². The standard InChI is InChI=1S/C31H42F2N4O2/c1-21(23-12-11-22(32)17-26(23)33)24(19-35(6)30(2,3)4)29(39)36-15-13-31(14-16-36)20-37(28(38)18-34-5)27-10-8-7-9-25(27)31/h7-12,17,21,24,34H,13-16,18-20H2,1-6H3/t21-,24+/m0/s1. The van der Waals surface area contributed by atoms with E-state index in [-0.39, 0.29) is 29.3 Å². The molecule has 1 N–H and O–H groups in total. The summed E-state index contributed by atoms with van der Waals surface area (Å²) >= 11 is 0. The summed E-state index contributed by atoms with van der Waals surface area (Å²) in [6, 6.07) is 11.7. The largest absolute Gasteiger partial charge is 0.342 e. The lowest BCUT2D eigenvalue weighted by Crippen LogP contribution is -2.52. The topological polar surface area (TPSA) is 55.9 Å². The zero-order valence-electron chi connectivity index (χ0n) is 24.1. The molecule has 0 unspecified atom stereocenters. The molecule has 39 heavy (non-hydrogen) atoms. The Morgan fingerprint density at radius 1 is 1.10 bits per heavy atom. The predicted molar refractivity (Wildman–Crippen MR) is 151 cm³/mol. The monoisotopic (exact) mass is 540 g/mol. The van der Waals surface area contributed by atoms with Crippen LogP contribution in [0.3, 0.4) is 0 Å². The number of likely N-dealkylation sites (tertiary alicyclic amines) is 1. The summed E-state index contributed by atoms with van der Waals surface area (Å²) in [5, 5.41) is 2.96. The van der Waals surface area contributed by atoms with Gasteiger partial charge in [0.15, 0.2) is 0 Å². The number of hydrogen-bond acceptors (Lipinski definition) is 4. The molecule has 2 heterocycles. The summed E-state index contributed by atoms with van der Waals surface area (Å²) < 4.78 is 28.5. The van der Waals surface area contributed by atoms with E-state index in [1.54, 1.807) is 7.05 Å². The highest BCUT2D eigenvalue weighted by Crippen LogP contribution is 2.47. The van der Waals surface area contributed by atoms with Crippen LogP contribution in [0.25, 0.3) is 0 Å². The zero-order chi connectivity index (χ0) is 28.5. The lowest BCUT2D eigenvalue weighted by Gasteiger charge is -2.43. The molecule has 0 aromatic heterocycles. The average molecular weight is 541 g/mol. The quantitative estimate of drug-likeness (QED) is 0.560. The molecular weight excluding hydrogens is 498 g/mol. The number of anilines is 1. The lowest BCUT2D eigenvalue weighted by atomic mass is 9.74. The molecule has 0 radical (unpaired) electrons. The van der Waals surface area contributed by atoms with Gasteiger partial charge in [-0.25, -0.2) is 8.78 Å². The first-order valence-corrected chi connectivity index (χ1v) is 13.9. The molecule has 1 fully saturated rings. The number of likely N-dealkylation sites (N-methyl/N-ethyl adjacent to an activating group) is 1. The van der Waals surface area contributed by atoms with Crippen molar-refractivity contribution in [1.29, 1.82) is 0 Å². The van der Waals surface area contributed by atoms with Gasteiger partial charge >= 0.3 is 0 Å². The third-order valence-electron chi connectivity index (χ3n) is 8.88. The average Bonchev–Trinajstić information content (AvgIpc) is 3.20. The van der Waals surface area contributed by atoms with Crippen molar-refractivity contribution in [3.05, 3.63) is 65.2 Å². The summed E-state index contributed by atoms with van der Waals surface area (Å²) in [7, 11) is 3.75. The Bertz CT molecular complexity index is 1200. The van der Waals surface area contributed by atoms with Gasteiger partial charge in [0.25, 0.3) is 0 Å². The van der Waals surface area contributed by atoms with E-state index in [2.05, 4.69) is 37.1 Å². The molecule has 2 atom stereocenters. The van der Waals surface area contributed by atoms with Gasteiger partial charge in [-0.1, -0.05) is 31.2 Å². The maximum Gasteiger partial charge on any atom is 0.240 e. The van der Waals surface area contributed by atoms with Crippen LogP contribution in [0, 0.1) is 17.6 Å². The third-order valence-corrected chi connectivity index (χ3v) is 8.88. The molecule has 1 spiro atoms. The predicted octanol–water partition coefficient (Wildman–Crippen LogP) is 4.54. The molecule has 8 heteroatoms. The van der Waals surface area contributed by atoms with Gasteiger partial charge in [-0.15, -0.1) is 0 Å². The molecule has 0 bridgehead atoms. The van der Waals surface area contributed by atoms with E-state index in [9.17, 15) is 18.4 Å². The van der Waals surface area contributed by atoms with Crippen LogP contribution in [0.5, 0.6) is 0 Å². The molecule has 1 saturated heterocycles. The Morgan fingerprint density at radius 2 is 1.77 bits per heavy atom. The smallest absolute Gasteiger partial charge is 0.240 e. The van der Waals surface area contributed by atoms with E-state index in [4.69, 9.17) is 0 Å². The normalized spacial score (nSPS) is 18.4. The van der Waals surface area contributed by atoms with Crippen LogP contribution >= 0.6 is 0 Å². The van der Waals surface area contributed by atoms with Crippen LogP contribution in [-0.4, -0.2) is 74.0 Å². The van der Waals surface area contributed by atoms with Gasteiger partial charge in [0.1, 0.15) is 11.6 Å². The number of amides is 2. The molecule has 6 nitrogen and oxygen atoms in total. The van der Waals surface area contributed by atoms with Gasteiger partial charge in [-0.2, -0.15) is 0 Å². The van der Waals surface area contributed by atoms with Gasteiger partial charge in [0.05, 0.1) is 12.5 Å². The molecule has 2 aliphatic rings. The van der Waals surface area contributed by atoms with E-state index >= 15 is 0 Å². The number of rotatable bonds is 7. The fraction of sp³-hybridized carbons (Fsp3) is 0.548. The van der Waals surface area contributed by atoms with Gasteiger partial charge in [-0.05, 0) is 76.9 Å². The summed E-state index contributed by atoms with van der Waals surface area (Å²) in [6.07, 6.45) is 1.50. The summed E-state index contributed by atoms with van der Waals surface area (Å²) in [5.41, 5.74) is 2.12. The fourth-order valence-corrected chi connectivity index (χ4v) is 6.02. The first kappa shape index (κ1) is 29.2. The van der Waals surface area contributed by atoms with Gasteiger partial charge in [-0.3, -0.25) is 9.59 Å². The number of benzene rings is 2. The molecule has 2 aliphatic heterocycles. The molecule has 212 valence electrons. The maximum atomic E-state index is 14.8. The van der Waals surface area contributed by atoms with E-state index in [0.29, 0.717) is 31.7 Å². The number of carbonyl (C=O) groups excluding carboxylic acids is 2. The molecular formula is C31H42F2N4O2. The van der Waals surface area contributed by atoms with Crippen molar-refractivity contribution in [3.8, 4) is 0 Å². The summed E-state index contributed by atoms with van der Waals surface area (Å²) in [6.45, 7) is 10.6. The molecule has 0 saturated carbocycles. The Labute approximate surface area is 231 Å². The summed E-state index contributed by atoms with van der Waals surface area (Å²) in [5.74, 6) is -2.13. The van der Waals surface area contributed by atoms with Crippen molar-refractivity contribution < 1.29 is 18.4 Å². The molecule has 4 rings (SSSR count). The number of carbonyl (C=O) groups is 2. The van der Waals surface area contributed by atoms with E-state index in [1.165, 1.54) is 17.7 Å². The number of nitrogens with zero attached hydrogens (tertiary/aromatic N) is 3. The van der Waals surface area contributed by atoms with Gasteiger partial charge < -0.3 is 20.0 Å². The number of nitrogens with one attached hydrogen (secondary N) is 1. The molecule has 2 amide bonds. The first-order chi connectivity index (χ1) is 18.4. The molecule has 2 aromatic rings. The van der Waals surface area contributed by atoms with Crippen LogP contribution in [0.15, 0.2) is 42.5 Å². The number of para-hydroxylation sites is 1. The lowest BCUT2D eigenvalue weighted by molar-refractivity contribution is -0.139. The highest BCUT2D eigenvalue weighted by molar-refractivity contribution is 5.97. The number of piperidine rings is 1. The van der Waals surface area contributed by atoms with Crippen molar-refractivity contribution >= 4 is 17.5 Å². The van der Waals surface area contributed by atoms with Crippen molar-refractivity contribution in [2.75, 3.05) is 51.7 Å². The second-order valence-electron chi connectivity index (χ2n) is 12.2. The Morgan fingerprint density at radius 3 is 2.38 bits per heavy atom. The molecule has 2 aromatic carbocycles. The zero-order valence-corrected chi connectivity index (χ0v) is 24.1. The second kappa shape index (κ2) is 11.3. The first-order valence-electron chi connectivity index (χ1n) is 13.9. The minimum absolute atomic E-state index is 0.00780. The van der Waals surface area contributed by atoms with E-state index < -0.39 is 23.5 Å². The minimum atomic E-state index is -0.626. The van der Waals surface area contributed by atoms with Crippen LogP contribution < -0.4 is 10.2 Å². The number of hydrogen-bond donors (Lipinski definition) is 1. The van der Waals surface area contributed by atoms with Crippen molar-refractivity contribution in [2.24, 2.45) is 5.92 Å². The van der Waals surface area contributed by atoms with Crippen LogP contribution in [-0.2, 0) is 15.0 Å². The van der Waals surface area contributed by atoms with E-state index in [1.807, 2.05) is 42.0 Å². The van der Waals surface area contributed by atoms with Gasteiger partial charge in [0.2, 0.25) is 11.8 Å². The minimum Gasteiger partial charge on any atom is -0.342 e. The van der Waals surface area contributed by atoms with Crippen molar-refractivity contribution in [1.82, 2.24) is 15.1 Å². The number of halogens is 2. The summed E-state index contributed by atoms with van der Waals surface area (Å²) in [4.78, 5) is 32.9. The van der Waals surface area contributed by atoms with Crippen molar-refractivity contribution in [2.45, 2.75) is 57.4 Å². The highest BCUT2D eigenvalue weighted by atomic mass is 19.1. The number of fused-ring (bicyclic) bond motifs is 2. The maximum absolute atomic E-state index is 14.8. The van der Waals surface area contributed by atoms with E-state index in [0.717, 1.165) is 24.6 Å². The Hall–Kier alpha value is -2.84. The van der Waals surface area contributed by atoms with Gasteiger partial charge in [0, 0.05) is 48.9 Å². The Kier molecular flexibility index (Phi) is 8.47. The third kappa shape index (κ3) is 5.87. The molecule has 0 aliphatic carbocycles. The Balaban J connectivity index is 1.56. The highest BCUT2D eigenvalue weighted by Gasteiger charge is 2.47. The van der Waals surface area contributed by atoms with Crippen LogP contribution in [0.1, 0.15) is 57.6 Å². The second-order valence-corrected chi connectivity index (χ2v) is 12.2. The van der Waals surface area contributed by atoms with Crippen LogP contribution in [0.4, 0.5) is 14.5 Å². The fourth-order valence-electron chi connectivity index (χ4n) is 6.02. The van der Waals surface area contributed by atoms with Crippen molar-refractivity contribution in [3.63, 3.8) is 0 Å².